The fraction of sp³-hybridized carbons (Fsp3) is 0.562. The first-order valence-electron chi connectivity index (χ1n) is 7.75. The Morgan fingerprint density at radius 2 is 1.78 bits per heavy atom. The summed E-state index contributed by atoms with van der Waals surface area (Å²) in [7, 11) is -3.97. The van der Waals surface area contributed by atoms with Crippen LogP contribution in [0.5, 0.6) is 0 Å². The van der Waals surface area contributed by atoms with Crippen molar-refractivity contribution in [1.29, 1.82) is 0 Å². The molecule has 1 aliphatic carbocycles. The van der Waals surface area contributed by atoms with Crippen LogP contribution in [0.3, 0.4) is 0 Å². The number of carbonyl (C=O) groups excluding carboxylic acids is 1. The zero-order valence-electron chi connectivity index (χ0n) is 13.4. The lowest BCUT2D eigenvalue weighted by molar-refractivity contribution is -0.152. The second-order valence-electron chi connectivity index (χ2n) is 5.94. The van der Waals surface area contributed by atoms with Crippen LogP contribution in [0.2, 0.25) is 0 Å². The van der Waals surface area contributed by atoms with Crippen LogP contribution >= 0.6 is 0 Å². The van der Waals surface area contributed by atoms with Crippen molar-refractivity contribution in [3.05, 3.63) is 29.8 Å². The van der Waals surface area contributed by atoms with Gasteiger partial charge in [0.15, 0.2) is 0 Å². The van der Waals surface area contributed by atoms with Gasteiger partial charge in [-0.25, -0.2) is 0 Å². The van der Waals surface area contributed by atoms with Gasteiger partial charge in [0.2, 0.25) is 0 Å². The summed E-state index contributed by atoms with van der Waals surface area (Å²) in [5.74, 6) is -0.622. The first-order chi connectivity index (χ1) is 10.8. The number of rotatable bonds is 6. The average molecular weight is 341 g/mol. The predicted octanol–water partition coefficient (Wildman–Crippen LogP) is 1.90. The minimum absolute atomic E-state index is 0.0336. The van der Waals surface area contributed by atoms with E-state index in [9.17, 15) is 13.2 Å². The Hall–Kier alpha value is -1.44. The van der Waals surface area contributed by atoms with E-state index >= 15 is 0 Å². The lowest BCUT2D eigenvalue weighted by Gasteiger charge is -2.21. The van der Waals surface area contributed by atoms with Gasteiger partial charge in [-0.15, -0.1) is 0 Å². The summed E-state index contributed by atoms with van der Waals surface area (Å²) in [6, 6.07) is 5.13. The van der Waals surface area contributed by atoms with Crippen molar-refractivity contribution in [3.8, 4) is 0 Å². The molecule has 2 rings (SSSR count). The molecule has 0 aromatic heterocycles. The van der Waals surface area contributed by atoms with Gasteiger partial charge < -0.3 is 10.5 Å². The van der Waals surface area contributed by atoms with Crippen LogP contribution in [0.25, 0.3) is 0 Å². The van der Waals surface area contributed by atoms with Crippen LogP contribution in [-0.4, -0.2) is 32.6 Å². The lowest BCUT2D eigenvalue weighted by atomic mass is 10.2. The normalized spacial score (nSPS) is 18.6. The maximum atomic E-state index is 12.2. The SMILES string of the molecule is Cc1ccc(S(=O)(=O)OC(C)C(N)C(=O)OC2CCCC2)cc1. The molecule has 2 N–H and O–H groups in total. The van der Waals surface area contributed by atoms with Crippen molar-refractivity contribution in [2.45, 2.75) is 62.7 Å². The molecule has 2 atom stereocenters. The minimum atomic E-state index is -3.97. The van der Waals surface area contributed by atoms with Gasteiger partial charge in [-0.3, -0.25) is 8.98 Å². The van der Waals surface area contributed by atoms with E-state index in [4.69, 9.17) is 14.7 Å². The standard InChI is InChI=1S/C16H23NO5S/c1-11-7-9-14(10-8-11)23(19,20)22-12(2)15(17)16(18)21-13-5-3-4-6-13/h7-10,12-13,15H,3-6,17H2,1-2H3. The van der Waals surface area contributed by atoms with Gasteiger partial charge in [0.1, 0.15) is 18.2 Å². The maximum absolute atomic E-state index is 12.2. The topological polar surface area (TPSA) is 95.7 Å². The van der Waals surface area contributed by atoms with E-state index in [1.165, 1.54) is 19.1 Å². The first-order valence-corrected chi connectivity index (χ1v) is 9.16. The summed E-state index contributed by atoms with van der Waals surface area (Å²) in [5.41, 5.74) is 6.72. The van der Waals surface area contributed by atoms with Gasteiger partial charge in [-0.2, -0.15) is 8.42 Å². The highest BCUT2D eigenvalue weighted by Gasteiger charge is 2.30. The third-order valence-corrected chi connectivity index (χ3v) is 5.36. The number of hydrogen-bond acceptors (Lipinski definition) is 6. The molecule has 1 aliphatic rings. The van der Waals surface area contributed by atoms with Gasteiger partial charge in [0.25, 0.3) is 10.1 Å². The zero-order valence-corrected chi connectivity index (χ0v) is 14.2. The third kappa shape index (κ3) is 4.76. The highest BCUT2D eigenvalue weighted by molar-refractivity contribution is 7.86. The summed E-state index contributed by atoms with van der Waals surface area (Å²) in [5, 5.41) is 0. The van der Waals surface area contributed by atoms with E-state index in [-0.39, 0.29) is 11.0 Å². The van der Waals surface area contributed by atoms with Crippen LogP contribution in [0.4, 0.5) is 0 Å². The van der Waals surface area contributed by atoms with Crippen LogP contribution in [0, 0.1) is 6.92 Å². The quantitative estimate of drug-likeness (QED) is 0.627. The second kappa shape index (κ2) is 7.42. The van der Waals surface area contributed by atoms with E-state index in [1.807, 2.05) is 6.92 Å². The number of carbonyl (C=O) groups is 1. The average Bonchev–Trinajstić information content (AvgIpc) is 2.99. The molecule has 0 spiro atoms. The number of ether oxygens (including phenoxy) is 1. The van der Waals surface area contributed by atoms with Gasteiger partial charge >= 0.3 is 5.97 Å². The molecule has 0 saturated heterocycles. The Bertz CT molecular complexity index is 635. The van der Waals surface area contributed by atoms with E-state index in [1.54, 1.807) is 12.1 Å². The van der Waals surface area contributed by atoms with Gasteiger partial charge in [0.05, 0.1) is 4.90 Å². The molecule has 1 saturated carbocycles. The zero-order chi connectivity index (χ0) is 17.0. The van der Waals surface area contributed by atoms with E-state index in [0.29, 0.717) is 0 Å². The van der Waals surface area contributed by atoms with Crippen LogP contribution in [0.15, 0.2) is 29.2 Å². The molecular formula is C16H23NO5S. The summed E-state index contributed by atoms with van der Waals surface area (Å²) in [4.78, 5) is 12.0. The summed E-state index contributed by atoms with van der Waals surface area (Å²) in [6.45, 7) is 3.31. The van der Waals surface area contributed by atoms with Crippen molar-refractivity contribution in [1.82, 2.24) is 0 Å². The number of esters is 1. The Kier molecular flexibility index (Phi) is 5.78. The van der Waals surface area contributed by atoms with Gasteiger partial charge in [-0.1, -0.05) is 17.7 Å². The largest absolute Gasteiger partial charge is 0.461 e. The molecule has 23 heavy (non-hydrogen) atoms. The fourth-order valence-electron chi connectivity index (χ4n) is 2.46. The Morgan fingerprint density at radius 3 is 2.35 bits per heavy atom. The molecular weight excluding hydrogens is 318 g/mol. The van der Waals surface area contributed by atoms with Crippen molar-refractivity contribution < 1.29 is 22.1 Å². The smallest absolute Gasteiger partial charge is 0.325 e. The van der Waals surface area contributed by atoms with Crippen LogP contribution in [-0.2, 0) is 23.8 Å². The molecule has 1 aromatic rings. The molecule has 6 nitrogen and oxygen atoms in total. The molecule has 2 unspecified atom stereocenters. The van der Waals surface area contributed by atoms with Crippen molar-refractivity contribution in [2.24, 2.45) is 5.73 Å². The molecule has 1 aromatic carbocycles. The maximum Gasteiger partial charge on any atom is 0.325 e. The van der Waals surface area contributed by atoms with Crippen LogP contribution in [0.1, 0.15) is 38.2 Å². The van der Waals surface area contributed by atoms with E-state index in [2.05, 4.69) is 0 Å². The van der Waals surface area contributed by atoms with Crippen molar-refractivity contribution in [2.75, 3.05) is 0 Å². The van der Waals surface area contributed by atoms with Gasteiger partial charge in [-0.05, 0) is 51.7 Å². The Morgan fingerprint density at radius 1 is 1.22 bits per heavy atom. The fourth-order valence-corrected chi connectivity index (χ4v) is 3.56. The molecule has 0 aliphatic heterocycles. The molecule has 7 heteroatoms. The van der Waals surface area contributed by atoms with Gasteiger partial charge in [0, 0.05) is 0 Å². The van der Waals surface area contributed by atoms with Crippen molar-refractivity contribution in [3.63, 3.8) is 0 Å². The number of benzene rings is 1. The number of aryl methyl sites for hydroxylation is 1. The molecule has 0 radical (unpaired) electrons. The highest BCUT2D eigenvalue weighted by atomic mass is 32.2. The minimum Gasteiger partial charge on any atom is -0.461 e. The summed E-state index contributed by atoms with van der Waals surface area (Å²) < 4.78 is 34.7. The lowest BCUT2D eigenvalue weighted by Crippen LogP contribution is -2.44. The molecule has 1 fully saturated rings. The summed E-state index contributed by atoms with van der Waals surface area (Å²) >= 11 is 0. The monoisotopic (exact) mass is 341 g/mol. The Labute approximate surface area is 137 Å². The third-order valence-electron chi connectivity index (χ3n) is 3.95. The first kappa shape index (κ1) is 17.9. The molecule has 0 amide bonds. The van der Waals surface area contributed by atoms with E-state index in [0.717, 1.165) is 31.2 Å². The predicted molar refractivity (Wildman–Crippen MR) is 85.2 cm³/mol. The molecule has 128 valence electrons. The van der Waals surface area contributed by atoms with Crippen LogP contribution < -0.4 is 5.73 Å². The highest BCUT2D eigenvalue weighted by Crippen LogP contribution is 2.22. The number of nitrogens with two attached hydrogens (primary N) is 1. The van der Waals surface area contributed by atoms with E-state index < -0.39 is 28.2 Å². The second-order valence-corrected chi connectivity index (χ2v) is 7.51. The number of hydrogen-bond donors (Lipinski definition) is 1. The molecule has 0 bridgehead atoms. The molecule has 0 heterocycles. The van der Waals surface area contributed by atoms with Crippen molar-refractivity contribution >= 4 is 16.1 Å². The summed E-state index contributed by atoms with van der Waals surface area (Å²) in [6.07, 6.45) is 2.59. The Balaban J connectivity index is 1.97.